The van der Waals surface area contributed by atoms with Gasteiger partial charge in [0.05, 0.1) is 38.8 Å². The smallest absolute Gasteiger partial charge is 0.344 e. The first-order valence-corrected chi connectivity index (χ1v) is 11.7. The van der Waals surface area contributed by atoms with Gasteiger partial charge in [0.25, 0.3) is 5.91 Å². The molecule has 0 radical (unpaired) electrons. The van der Waals surface area contributed by atoms with Crippen LogP contribution in [0.4, 0.5) is 0 Å². The topological polar surface area (TPSA) is 85.2 Å². The SMILES string of the molecule is CCOC(=O)C1=C(O)/C(=C/c2cc(Cl)c(OCC)c(Cl)c2)SC1=NC(=O)c1ccccc1Cl. The molecule has 0 fully saturated rings. The second kappa shape index (κ2) is 11.1. The number of hydrogen-bond acceptors (Lipinski definition) is 6. The average molecular weight is 527 g/mol. The van der Waals surface area contributed by atoms with Crippen LogP contribution in [0, 0.1) is 0 Å². The van der Waals surface area contributed by atoms with Crippen LogP contribution >= 0.6 is 46.6 Å². The van der Waals surface area contributed by atoms with Gasteiger partial charge in [-0.1, -0.05) is 58.7 Å². The number of nitrogens with zero attached hydrogens (tertiary/aromatic N) is 1. The van der Waals surface area contributed by atoms with E-state index in [-0.39, 0.29) is 48.5 Å². The number of aliphatic hydroxyl groups excluding tert-OH is 1. The number of ether oxygens (including phenoxy) is 2. The number of thioether (sulfide) groups is 1. The summed E-state index contributed by atoms with van der Waals surface area (Å²) in [6.07, 6.45) is 1.56. The van der Waals surface area contributed by atoms with Crippen molar-refractivity contribution in [2.45, 2.75) is 13.8 Å². The number of carbonyl (C=O) groups is 2. The fourth-order valence-corrected chi connectivity index (χ4v) is 4.72. The maximum atomic E-state index is 12.7. The van der Waals surface area contributed by atoms with Gasteiger partial charge in [-0.2, -0.15) is 0 Å². The molecule has 0 atom stereocenters. The average Bonchev–Trinajstić information content (AvgIpc) is 3.05. The molecule has 1 aliphatic heterocycles. The molecule has 1 heterocycles. The van der Waals surface area contributed by atoms with Gasteiger partial charge in [-0.3, -0.25) is 4.79 Å². The molecule has 0 saturated carbocycles. The Morgan fingerprint density at radius 2 is 1.73 bits per heavy atom. The highest BCUT2D eigenvalue weighted by molar-refractivity contribution is 8.18. The fraction of sp³-hybridized carbons (Fsp3) is 0.174. The van der Waals surface area contributed by atoms with Crippen molar-refractivity contribution >= 4 is 69.6 Å². The second-order valence-electron chi connectivity index (χ2n) is 6.50. The summed E-state index contributed by atoms with van der Waals surface area (Å²) < 4.78 is 10.5. The number of amides is 1. The number of rotatable bonds is 6. The quantitative estimate of drug-likeness (QED) is 0.419. The predicted octanol–water partition coefficient (Wildman–Crippen LogP) is 6.75. The van der Waals surface area contributed by atoms with Crippen molar-refractivity contribution in [2.24, 2.45) is 4.99 Å². The standard InChI is InChI=1S/C23H18Cl3NO5S/c1-3-31-20-15(25)9-12(10-16(20)26)11-17-19(28)18(23(30)32-4-2)22(33-17)27-21(29)13-7-5-6-8-14(13)24/h5-11,28H,3-4H2,1-2H3/b17-11-,27-22?. The number of halogens is 3. The molecule has 0 aromatic heterocycles. The molecule has 0 saturated heterocycles. The molecule has 2 aromatic carbocycles. The first-order valence-electron chi connectivity index (χ1n) is 9.76. The highest BCUT2D eigenvalue weighted by Gasteiger charge is 2.34. The normalized spacial score (nSPS) is 15.9. The summed E-state index contributed by atoms with van der Waals surface area (Å²) in [4.78, 5) is 29.5. The monoisotopic (exact) mass is 525 g/mol. The Labute approximate surface area is 209 Å². The summed E-state index contributed by atoms with van der Waals surface area (Å²) in [6.45, 7) is 3.91. The Morgan fingerprint density at radius 1 is 1.06 bits per heavy atom. The molecule has 0 aliphatic carbocycles. The van der Waals surface area contributed by atoms with E-state index < -0.39 is 11.9 Å². The Bertz CT molecular complexity index is 1180. The lowest BCUT2D eigenvalue weighted by Gasteiger charge is -2.09. The third-order valence-electron chi connectivity index (χ3n) is 4.28. The Hall–Kier alpha value is -2.45. The number of esters is 1. The molecule has 2 aromatic rings. The van der Waals surface area contributed by atoms with Gasteiger partial charge in [0.2, 0.25) is 0 Å². The summed E-state index contributed by atoms with van der Waals surface area (Å²) in [5, 5.41) is 11.6. The molecule has 1 aliphatic rings. The third-order valence-corrected chi connectivity index (χ3v) is 6.20. The number of aliphatic hydroxyl groups is 1. The second-order valence-corrected chi connectivity index (χ2v) is 8.76. The van der Waals surface area contributed by atoms with E-state index in [1.54, 1.807) is 43.3 Å². The molecular weight excluding hydrogens is 509 g/mol. The van der Waals surface area contributed by atoms with Crippen molar-refractivity contribution in [1.29, 1.82) is 0 Å². The maximum absolute atomic E-state index is 12.7. The van der Waals surface area contributed by atoms with E-state index in [1.807, 2.05) is 6.92 Å². The first-order chi connectivity index (χ1) is 15.8. The van der Waals surface area contributed by atoms with Crippen molar-refractivity contribution in [3.8, 4) is 5.75 Å². The number of hydrogen-bond donors (Lipinski definition) is 1. The van der Waals surface area contributed by atoms with Crippen LogP contribution in [-0.4, -0.2) is 35.2 Å². The van der Waals surface area contributed by atoms with Crippen LogP contribution in [0.2, 0.25) is 15.1 Å². The van der Waals surface area contributed by atoms with Gasteiger partial charge in [0, 0.05) is 0 Å². The van der Waals surface area contributed by atoms with Gasteiger partial charge in [0.15, 0.2) is 5.75 Å². The van der Waals surface area contributed by atoms with Gasteiger partial charge in [-0.05, 0) is 49.8 Å². The summed E-state index contributed by atoms with van der Waals surface area (Å²) >= 11 is 19.5. The van der Waals surface area contributed by atoms with Crippen molar-refractivity contribution in [3.63, 3.8) is 0 Å². The molecule has 10 heteroatoms. The maximum Gasteiger partial charge on any atom is 0.344 e. The number of carbonyl (C=O) groups excluding carboxylic acids is 2. The van der Waals surface area contributed by atoms with Gasteiger partial charge < -0.3 is 14.6 Å². The Morgan fingerprint density at radius 3 is 2.33 bits per heavy atom. The molecule has 0 bridgehead atoms. The van der Waals surface area contributed by atoms with Crippen LogP contribution in [0.25, 0.3) is 6.08 Å². The molecule has 172 valence electrons. The van der Waals surface area contributed by atoms with Crippen LogP contribution in [0.15, 0.2) is 57.6 Å². The summed E-state index contributed by atoms with van der Waals surface area (Å²) in [6, 6.07) is 9.61. The molecule has 33 heavy (non-hydrogen) atoms. The van der Waals surface area contributed by atoms with Crippen molar-refractivity contribution in [1.82, 2.24) is 0 Å². The highest BCUT2D eigenvalue weighted by Crippen LogP contribution is 2.41. The zero-order valence-electron chi connectivity index (χ0n) is 17.5. The highest BCUT2D eigenvalue weighted by atomic mass is 35.5. The molecule has 0 spiro atoms. The minimum Gasteiger partial charge on any atom is -0.506 e. The lowest BCUT2D eigenvalue weighted by Crippen LogP contribution is -2.14. The molecule has 0 unspecified atom stereocenters. The van der Waals surface area contributed by atoms with E-state index in [0.717, 1.165) is 11.8 Å². The minimum atomic E-state index is -0.806. The number of aliphatic imine (C=N–C) groups is 1. The van der Waals surface area contributed by atoms with Crippen LogP contribution in [0.5, 0.6) is 5.75 Å². The van der Waals surface area contributed by atoms with E-state index in [4.69, 9.17) is 44.3 Å². The van der Waals surface area contributed by atoms with E-state index in [9.17, 15) is 14.7 Å². The van der Waals surface area contributed by atoms with Crippen molar-refractivity contribution < 1.29 is 24.2 Å². The van der Waals surface area contributed by atoms with Crippen LogP contribution in [0.1, 0.15) is 29.8 Å². The van der Waals surface area contributed by atoms with Gasteiger partial charge in [0.1, 0.15) is 16.4 Å². The summed E-state index contributed by atoms with van der Waals surface area (Å²) in [7, 11) is 0. The van der Waals surface area contributed by atoms with Crippen LogP contribution < -0.4 is 4.74 Å². The minimum absolute atomic E-state index is 0.00903. The lowest BCUT2D eigenvalue weighted by atomic mass is 10.1. The van der Waals surface area contributed by atoms with Gasteiger partial charge >= 0.3 is 5.97 Å². The van der Waals surface area contributed by atoms with Crippen LogP contribution in [0.3, 0.4) is 0 Å². The molecular formula is C23H18Cl3NO5S. The Balaban J connectivity index is 2.04. The van der Waals surface area contributed by atoms with E-state index in [0.29, 0.717) is 17.9 Å². The number of benzene rings is 2. The summed E-state index contributed by atoms with van der Waals surface area (Å²) in [5.74, 6) is -1.49. The van der Waals surface area contributed by atoms with Gasteiger partial charge in [-0.15, -0.1) is 0 Å². The van der Waals surface area contributed by atoms with Crippen molar-refractivity contribution in [2.75, 3.05) is 13.2 Å². The largest absolute Gasteiger partial charge is 0.506 e. The summed E-state index contributed by atoms with van der Waals surface area (Å²) in [5.41, 5.74) is 0.499. The first kappa shape index (κ1) is 25.2. The third kappa shape index (κ3) is 5.73. The Kier molecular flexibility index (Phi) is 8.48. The predicted molar refractivity (Wildman–Crippen MR) is 133 cm³/mol. The molecule has 1 amide bonds. The molecule has 6 nitrogen and oxygen atoms in total. The van der Waals surface area contributed by atoms with E-state index >= 15 is 0 Å². The van der Waals surface area contributed by atoms with E-state index in [2.05, 4.69) is 4.99 Å². The lowest BCUT2D eigenvalue weighted by molar-refractivity contribution is -0.138. The van der Waals surface area contributed by atoms with E-state index in [1.165, 1.54) is 6.07 Å². The fourth-order valence-electron chi connectivity index (χ4n) is 2.88. The molecule has 3 rings (SSSR count). The molecule has 1 N–H and O–H groups in total. The zero-order chi connectivity index (χ0) is 24.1. The van der Waals surface area contributed by atoms with Crippen LogP contribution in [-0.2, 0) is 9.53 Å². The zero-order valence-corrected chi connectivity index (χ0v) is 20.6. The van der Waals surface area contributed by atoms with Crippen molar-refractivity contribution in [3.05, 3.63) is 78.8 Å². The van der Waals surface area contributed by atoms with Gasteiger partial charge in [-0.25, -0.2) is 9.79 Å².